The Morgan fingerprint density at radius 2 is 2.22 bits per heavy atom. The van der Waals surface area contributed by atoms with Gasteiger partial charge < -0.3 is 9.88 Å². The van der Waals surface area contributed by atoms with Crippen molar-refractivity contribution in [3.8, 4) is 0 Å². The monoisotopic (exact) mass is 264 g/mol. The Labute approximate surface area is 110 Å². The van der Waals surface area contributed by atoms with Crippen molar-refractivity contribution in [2.75, 3.05) is 0 Å². The Kier molecular flexibility index (Phi) is 3.47. The van der Waals surface area contributed by atoms with Gasteiger partial charge in [0.2, 0.25) is 0 Å². The zero-order chi connectivity index (χ0) is 13.3. The summed E-state index contributed by atoms with van der Waals surface area (Å²) in [6.07, 6.45) is 3.17. The number of imidazole rings is 1. The average molecular weight is 264 g/mol. The van der Waals surface area contributed by atoms with Gasteiger partial charge in [-0.1, -0.05) is 0 Å². The van der Waals surface area contributed by atoms with Gasteiger partial charge in [0.05, 0.1) is 29.3 Å². The van der Waals surface area contributed by atoms with E-state index in [1.54, 1.807) is 35.5 Å². The van der Waals surface area contributed by atoms with Crippen LogP contribution in [0.15, 0.2) is 12.5 Å². The molecule has 0 saturated carbocycles. The lowest BCUT2D eigenvalue weighted by Gasteiger charge is -2.12. The van der Waals surface area contributed by atoms with E-state index in [9.17, 15) is 4.79 Å². The lowest BCUT2D eigenvalue weighted by molar-refractivity contribution is 0.0931. The second kappa shape index (κ2) is 4.89. The Hall–Kier alpha value is -1.69. The van der Waals surface area contributed by atoms with Crippen LogP contribution >= 0.6 is 11.3 Å². The Morgan fingerprint density at radius 3 is 2.72 bits per heavy atom. The Balaban J connectivity index is 2.13. The number of aryl methyl sites for hydroxylation is 3. The summed E-state index contributed by atoms with van der Waals surface area (Å²) in [7, 11) is 1.80. The van der Waals surface area contributed by atoms with Crippen LogP contribution in [0.3, 0.4) is 0 Å². The number of nitrogens with one attached hydrogen (secondary N) is 1. The largest absolute Gasteiger partial charge is 0.343 e. The van der Waals surface area contributed by atoms with Crippen LogP contribution in [0.25, 0.3) is 0 Å². The van der Waals surface area contributed by atoms with Gasteiger partial charge in [-0.3, -0.25) is 4.79 Å². The predicted molar refractivity (Wildman–Crippen MR) is 70.7 cm³/mol. The summed E-state index contributed by atoms with van der Waals surface area (Å²) < 4.78 is 1.70. The highest BCUT2D eigenvalue weighted by Crippen LogP contribution is 2.22. The SMILES string of the molecule is Cc1nc([C@@H](C)NC(=O)c2cncn2C)c(C)s1. The fraction of sp³-hybridized carbons (Fsp3) is 0.417. The van der Waals surface area contributed by atoms with E-state index in [1.165, 1.54) is 0 Å². The third-order valence-electron chi connectivity index (χ3n) is 2.75. The molecule has 1 amide bonds. The van der Waals surface area contributed by atoms with E-state index >= 15 is 0 Å². The zero-order valence-electron chi connectivity index (χ0n) is 10.9. The quantitative estimate of drug-likeness (QED) is 0.922. The third-order valence-corrected chi connectivity index (χ3v) is 3.65. The lowest BCUT2D eigenvalue weighted by Crippen LogP contribution is -2.28. The fourth-order valence-corrected chi connectivity index (χ4v) is 2.78. The number of aromatic nitrogens is 3. The minimum atomic E-state index is -0.132. The first-order valence-electron chi connectivity index (χ1n) is 5.70. The topological polar surface area (TPSA) is 59.8 Å². The van der Waals surface area contributed by atoms with Crippen molar-refractivity contribution in [2.24, 2.45) is 7.05 Å². The Bertz CT molecular complexity index is 572. The van der Waals surface area contributed by atoms with Crippen molar-refractivity contribution < 1.29 is 4.79 Å². The molecule has 6 heteroatoms. The van der Waals surface area contributed by atoms with Crippen LogP contribution in [0.5, 0.6) is 0 Å². The molecule has 0 aromatic carbocycles. The molecule has 2 heterocycles. The maximum Gasteiger partial charge on any atom is 0.270 e. The molecule has 18 heavy (non-hydrogen) atoms. The van der Waals surface area contributed by atoms with E-state index in [0.29, 0.717) is 5.69 Å². The standard InChI is InChI=1S/C12H16N4OS/c1-7(11-8(2)18-9(3)15-11)14-12(17)10-5-13-6-16(10)4/h5-7H,1-4H3,(H,14,17)/t7-/m1/s1. The summed E-state index contributed by atoms with van der Waals surface area (Å²) in [5.41, 5.74) is 1.49. The van der Waals surface area contributed by atoms with Gasteiger partial charge in [0, 0.05) is 11.9 Å². The van der Waals surface area contributed by atoms with Crippen molar-refractivity contribution in [3.63, 3.8) is 0 Å². The number of rotatable bonds is 3. The molecule has 5 nitrogen and oxygen atoms in total. The highest BCUT2D eigenvalue weighted by molar-refractivity contribution is 7.11. The van der Waals surface area contributed by atoms with Crippen LogP contribution in [-0.2, 0) is 7.05 Å². The number of hydrogen-bond acceptors (Lipinski definition) is 4. The summed E-state index contributed by atoms with van der Waals surface area (Å²) in [6, 6.07) is -0.0997. The van der Waals surface area contributed by atoms with E-state index in [-0.39, 0.29) is 11.9 Å². The fourth-order valence-electron chi connectivity index (χ4n) is 1.86. The predicted octanol–water partition coefficient (Wildman–Crippen LogP) is 1.98. The summed E-state index contributed by atoms with van der Waals surface area (Å²) in [5.74, 6) is -0.132. The number of nitrogens with zero attached hydrogens (tertiary/aromatic N) is 3. The van der Waals surface area contributed by atoms with Gasteiger partial charge in [-0.2, -0.15) is 0 Å². The summed E-state index contributed by atoms with van der Waals surface area (Å²) >= 11 is 1.65. The van der Waals surface area contributed by atoms with Crippen LogP contribution in [0, 0.1) is 13.8 Å². The molecule has 0 aliphatic heterocycles. The summed E-state index contributed by atoms with van der Waals surface area (Å²) in [6.45, 7) is 5.93. The molecule has 1 N–H and O–H groups in total. The second-order valence-corrected chi connectivity index (χ2v) is 5.67. The van der Waals surface area contributed by atoms with Crippen molar-refractivity contribution in [1.82, 2.24) is 19.9 Å². The highest BCUT2D eigenvalue weighted by Gasteiger charge is 2.17. The van der Waals surface area contributed by atoms with E-state index in [4.69, 9.17) is 0 Å². The van der Waals surface area contributed by atoms with E-state index in [1.807, 2.05) is 20.8 Å². The summed E-state index contributed by atoms with van der Waals surface area (Å²) in [5, 5.41) is 3.96. The second-order valence-electron chi connectivity index (χ2n) is 4.26. The van der Waals surface area contributed by atoms with Crippen molar-refractivity contribution >= 4 is 17.2 Å². The molecule has 1 atom stereocenters. The maximum absolute atomic E-state index is 12.0. The molecule has 2 aromatic rings. The molecular formula is C12H16N4OS. The number of amides is 1. The number of carbonyl (C=O) groups is 1. The molecule has 0 fully saturated rings. The van der Waals surface area contributed by atoms with Crippen molar-refractivity contribution in [2.45, 2.75) is 26.8 Å². The lowest BCUT2D eigenvalue weighted by atomic mass is 10.2. The van der Waals surface area contributed by atoms with Gasteiger partial charge in [-0.05, 0) is 20.8 Å². The van der Waals surface area contributed by atoms with Gasteiger partial charge in [0.15, 0.2) is 0 Å². The Morgan fingerprint density at radius 1 is 1.50 bits per heavy atom. The van der Waals surface area contributed by atoms with Gasteiger partial charge in [-0.25, -0.2) is 9.97 Å². The smallest absolute Gasteiger partial charge is 0.270 e. The number of hydrogen-bond donors (Lipinski definition) is 1. The molecule has 2 rings (SSSR count). The van der Waals surface area contributed by atoms with Crippen molar-refractivity contribution in [3.05, 3.63) is 33.8 Å². The van der Waals surface area contributed by atoms with Gasteiger partial charge >= 0.3 is 0 Å². The molecule has 0 radical (unpaired) electrons. The molecule has 96 valence electrons. The van der Waals surface area contributed by atoms with E-state index < -0.39 is 0 Å². The third kappa shape index (κ3) is 2.43. The van der Waals surface area contributed by atoms with Crippen LogP contribution in [0.4, 0.5) is 0 Å². The maximum atomic E-state index is 12.0. The minimum absolute atomic E-state index is 0.0997. The molecule has 0 saturated heterocycles. The molecule has 2 aromatic heterocycles. The van der Waals surface area contributed by atoms with Gasteiger partial charge in [0.1, 0.15) is 5.69 Å². The molecule has 0 aliphatic rings. The van der Waals surface area contributed by atoms with Gasteiger partial charge in [0.25, 0.3) is 5.91 Å². The van der Waals surface area contributed by atoms with Gasteiger partial charge in [-0.15, -0.1) is 11.3 Å². The molecule has 0 aliphatic carbocycles. The highest BCUT2D eigenvalue weighted by atomic mass is 32.1. The summed E-state index contributed by atoms with van der Waals surface area (Å²) in [4.78, 5) is 21.6. The average Bonchev–Trinajstić information content (AvgIpc) is 2.84. The first kappa shape index (κ1) is 12.8. The minimum Gasteiger partial charge on any atom is -0.343 e. The van der Waals surface area contributed by atoms with E-state index in [2.05, 4.69) is 15.3 Å². The first-order valence-corrected chi connectivity index (χ1v) is 6.51. The van der Waals surface area contributed by atoms with Crippen LogP contribution < -0.4 is 5.32 Å². The zero-order valence-corrected chi connectivity index (χ0v) is 11.7. The van der Waals surface area contributed by atoms with E-state index in [0.717, 1.165) is 15.6 Å². The number of thiazole rings is 1. The normalized spacial score (nSPS) is 12.4. The van der Waals surface area contributed by atoms with Crippen LogP contribution in [0.1, 0.15) is 39.0 Å². The molecule has 0 unspecified atom stereocenters. The molecule has 0 bridgehead atoms. The molecule has 0 spiro atoms. The van der Waals surface area contributed by atoms with Crippen LogP contribution in [-0.4, -0.2) is 20.4 Å². The number of carbonyl (C=O) groups excluding carboxylic acids is 1. The first-order chi connectivity index (χ1) is 8.49. The van der Waals surface area contributed by atoms with Crippen molar-refractivity contribution in [1.29, 1.82) is 0 Å². The van der Waals surface area contributed by atoms with Crippen LogP contribution in [0.2, 0.25) is 0 Å². The molecular weight excluding hydrogens is 248 g/mol.